The fourth-order valence-electron chi connectivity index (χ4n) is 4.09. The molecule has 1 aromatic heterocycles. The molecule has 11 heteroatoms. The number of nitrogen functional groups attached to an aromatic ring is 1. The maximum absolute atomic E-state index is 12.7. The van der Waals surface area contributed by atoms with Gasteiger partial charge in [-0.3, -0.25) is 24.5 Å². The van der Waals surface area contributed by atoms with Crippen LogP contribution in [-0.2, 0) is 16.1 Å². The van der Waals surface area contributed by atoms with Crippen molar-refractivity contribution in [1.82, 2.24) is 20.2 Å². The smallest absolute Gasteiger partial charge is 0.330 e. The first-order valence-corrected chi connectivity index (χ1v) is 11.4. The molecule has 1 aliphatic carbocycles. The lowest BCUT2D eigenvalue weighted by atomic mass is 9.96. The van der Waals surface area contributed by atoms with Crippen LogP contribution in [0.3, 0.4) is 0 Å². The molecule has 0 atom stereocenters. The topological polar surface area (TPSA) is 152 Å². The Morgan fingerprint density at radius 2 is 1.88 bits per heavy atom. The van der Waals surface area contributed by atoms with Crippen molar-refractivity contribution in [2.24, 2.45) is 0 Å². The Balaban J connectivity index is 1.78. The third-order valence-corrected chi connectivity index (χ3v) is 5.81. The lowest BCUT2D eigenvalue weighted by Crippen LogP contribution is -2.49. The van der Waals surface area contributed by atoms with Crippen LogP contribution < -0.4 is 32.5 Å². The third-order valence-electron chi connectivity index (χ3n) is 5.81. The summed E-state index contributed by atoms with van der Waals surface area (Å²) in [6, 6.07) is 8.65. The highest BCUT2D eigenvalue weighted by Crippen LogP contribution is 2.18. The number of nitrogens with zero attached hydrogens (tertiary/aromatic N) is 2. The van der Waals surface area contributed by atoms with E-state index in [1.54, 1.807) is 0 Å². The number of hydrogen-bond acceptors (Lipinski definition) is 7. The predicted octanol–water partition coefficient (Wildman–Crippen LogP) is 0.778. The van der Waals surface area contributed by atoms with Gasteiger partial charge >= 0.3 is 11.7 Å². The number of rotatable bonds is 9. The molecule has 11 nitrogen and oxygen atoms in total. The van der Waals surface area contributed by atoms with Gasteiger partial charge in [0.2, 0.25) is 5.91 Å². The molecule has 1 heterocycles. The molecule has 2 aromatic rings. The van der Waals surface area contributed by atoms with E-state index in [0.29, 0.717) is 0 Å². The third kappa shape index (κ3) is 6.70. The number of nitrogens with two attached hydrogens (primary N) is 1. The zero-order valence-electron chi connectivity index (χ0n) is 19.3. The second-order valence-electron chi connectivity index (χ2n) is 8.34. The molecule has 0 saturated heterocycles. The van der Waals surface area contributed by atoms with E-state index < -0.39 is 23.2 Å². The molecule has 1 fully saturated rings. The van der Waals surface area contributed by atoms with Gasteiger partial charge in [0.15, 0.2) is 0 Å². The number of carbonyl (C=O) groups excluding carboxylic acids is 2. The number of H-pyrrole nitrogens is 1. The Labute approximate surface area is 197 Å². The summed E-state index contributed by atoms with van der Waals surface area (Å²) in [5.74, 6) is -0.683. The maximum atomic E-state index is 12.7. The summed E-state index contributed by atoms with van der Waals surface area (Å²) in [7, 11) is 1.49. The molecule has 5 N–H and O–H groups in total. The molecule has 34 heavy (non-hydrogen) atoms. The quantitative estimate of drug-likeness (QED) is 0.421. The lowest BCUT2D eigenvalue weighted by Gasteiger charge is -2.26. The average molecular weight is 473 g/mol. The van der Waals surface area contributed by atoms with Crippen molar-refractivity contribution in [3.63, 3.8) is 0 Å². The number of hydrogen-bond donors (Lipinski definition) is 4. The number of urea groups is 1. The van der Waals surface area contributed by atoms with Crippen LogP contribution in [-0.4, -0.2) is 54.3 Å². The van der Waals surface area contributed by atoms with Gasteiger partial charge in [0.1, 0.15) is 11.5 Å². The van der Waals surface area contributed by atoms with Crippen molar-refractivity contribution in [2.45, 2.75) is 44.7 Å². The number of ether oxygens (including phenoxy) is 1. The summed E-state index contributed by atoms with van der Waals surface area (Å²) in [6.45, 7) is 0.158. The predicted molar refractivity (Wildman–Crippen MR) is 129 cm³/mol. The minimum atomic E-state index is -0.720. The first-order valence-electron chi connectivity index (χ1n) is 11.4. The molecule has 0 spiro atoms. The number of methoxy groups -OCH3 is 1. The SMILES string of the molecule is COCCN(CC(=O)NC(=O)NC1CCCCC1)c1c(N)n(Cc2ccccc2)c(=O)[nH]c1=O. The van der Waals surface area contributed by atoms with E-state index in [1.165, 1.54) is 16.6 Å². The number of carbonyl (C=O) groups is 2. The Hall–Kier alpha value is -3.60. The van der Waals surface area contributed by atoms with E-state index in [9.17, 15) is 19.2 Å². The summed E-state index contributed by atoms with van der Waals surface area (Å²) >= 11 is 0. The van der Waals surface area contributed by atoms with Crippen LogP contribution in [0.25, 0.3) is 0 Å². The van der Waals surface area contributed by atoms with E-state index in [-0.39, 0.29) is 43.8 Å². The summed E-state index contributed by atoms with van der Waals surface area (Å²) in [5.41, 5.74) is 5.66. The number of aromatic amines is 1. The normalized spacial score (nSPS) is 13.9. The molecule has 0 unspecified atom stereocenters. The van der Waals surface area contributed by atoms with Gasteiger partial charge in [-0.05, 0) is 18.4 Å². The minimum absolute atomic E-state index is 0.0320. The maximum Gasteiger partial charge on any atom is 0.330 e. The van der Waals surface area contributed by atoms with Gasteiger partial charge < -0.3 is 20.7 Å². The van der Waals surface area contributed by atoms with Crippen LogP contribution >= 0.6 is 0 Å². The summed E-state index contributed by atoms with van der Waals surface area (Å²) < 4.78 is 6.35. The van der Waals surface area contributed by atoms with E-state index in [4.69, 9.17) is 10.5 Å². The van der Waals surface area contributed by atoms with Gasteiger partial charge in [-0.2, -0.15) is 0 Å². The lowest BCUT2D eigenvalue weighted by molar-refractivity contribution is -0.118. The fourth-order valence-corrected chi connectivity index (χ4v) is 4.09. The van der Waals surface area contributed by atoms with Gasteiger partial charge in [-0.25, -0.2) is 9.59 Å². The van der Waals surface area contributed by atoms with Crippen LogP contribution in [0, 0.1) is 0 Å². The Bertz CT molecular complexity index is 1090. The highest BCUT2D eigenvalue weighted by Gasteiger charge is 2.23. The van der Waals surface area contributed by atoms with E-state index in [2.05, 4.69) is 15.6 Å². The highest BCUT2D eigenvalue weighted by molar-refractivity contribution is 5.96. The molecule has 0 bridgehead atoms. The number of benzene rings is 1. The van der Waals surface area contributed by atoms with E-state index in [1.807, 2.05) is 30.3 Å². The summed E-state index contributed by atoms with van der Waals surface area (Å²) in [6.07, 6.45) is 5.01. The van der Waals surface area contributed by atoms with Crippen molar-refractivity contribution < 1.29 is 14.3 Å². The second kappa shape index (κ2) is 12.0. The molecule has 184 valence electrons. The van der Waals surface area contributed by atoms with Crippen LogP contribution in [0.1, 0.15) is 37.7 Å². The van der Waals surface area contributed by atoms with Gasteiger partial charge in [0.05, 0.1) is 19.7 Å². The zero-order chi connectivity index (χ0) is 24.5. The summed E-state index contributed by atoms with van der Waals surface area (Å²) in [4.78, 5) is 53.7. The van der Waals surface area contributed by atoms with Gasteiger partial charge in [0, 0.05) is 19.7 Å². The first kappa shape index (κ1) is 25.0. The molecule has 3 amide bonds. The van der Waals surface area contributed by atoms with Crippen molar-refractivity contribution in [3.05, 3.63) is 56.7 Å². The number of imide groups is 1. The van der Waals surface area contributed by atoms with Crippen LogP contribution in [0.4, 0.5) is 16.3 Å². The van der Waals surface area contributed by atoms with Gasteiger partial charge in [-0.15, -0.1) is 0 Å². The molecule has 3 rings (SSSR count). The second-order valence-corrected chi connectivity index (χ2v) is 8.34. The Morgan fingerprint density at radius 1 is 1.18 bits per heavy atom. The van der Waals surface area contributed by atoms with E-state index in [0.717, 1.165) is 37.7 Å². The number of nitrogens with one attached hydrogen (secondary N) is 3. The van der Waals surface area contributed by atoms with Crippen LogP contribution in [0.2, 0.25) is 0 Å². The largest absolute Gasteiger partial charge is 0.383 e. The number of amides is 3. The molecular weight excluding hydrogens is 440 g/mol. The van der Waals surface area contributed by atoms with Crippen LogP contribution in [0.5, 0.6) is 0 Å². The number of aromatic nitrogens is 2. The van der Waals surface area contributed by atoms with E-state index >= 15 is 0 Å². The fraction of sp³-hybridized carbons (Fsp3) is 0.478. The number of anilines is 2. The molecule has 1 aliphatic rings. The molecular formula is C23H32N6O5. The summed E-state index contributed by atoms with van der Waals surface area (Å²) in [5, 5.41) is 5.14. The van der Waals surface area contributed by atoms with Crippen molar-refractivity contribution in [2.75, 3.05) is 37.4 Å². The van der Waals surface area contributed by atoms with Gasteiger partial charge in [-0.1, -0.05) is 49.6 Å². The van der Waals surface area contributed by atoms with Gasteiger partial charge in [0.25, 0.3) is 5.56 Å². The Kier molecular flexibility index (Phi) is 8.86. The average Bonchev–Trinajstić information content (AvgIpc) is 2.81. The molecule has 0 radical (unpaired) electrons. The first-order chi connectivity index (χ1) is 16.4. The zero-order valence-corrected chi connectivity index (χ0v) is 19.3. The minimum Gasteiger partial charge on any atom is -0.383 e. The monoisotopic (exact) mass is 472 g/mol. The van der Waals surface area contributed by atoms with Crippen molar-refractivity contribution in [1.29, 1.82) is 0 Å². The van der Waals surface area contributed by atoms with Crippen molar-refractivity contribution >= 4 is 23.4 Å². The van der Waals surface area contributed by atoms with Crippen LogP contribution in [0.15, 0.2) is 39.9 Å². The molecule has 1 saturated carbocycles. The standard InChI is InChI=1S/C23H32N6O5/c1-34-13-12-28(15-18(30)26-22(32)25-17-10-6-3-7-11-17)19-20(24)29(23(33)27-21(19)31)14-16-8-4-2-5-9-16/h2,4-5,8-9,17H,3,6-7,10-15,24H2,1H3,(H,27,31,33)(H2,25,26,30,32). The molecule has 0 aliphatic heterocycles. The molecule has 1 aromatic carbocycles. The Morgan fingerprint density at radius 3 is 2.56 bits per heavy atom. The highest BCUT2D eigenvalue weighted by atomic mass is 16.5. The van der Waals surface area contributed by atoms with Crippen molar-refractivity contribution in [3.8, 4) is 0 Å².